The Morgan fingerprint density at radius 3 is 2.18 bits per heavy atom. The monoisotopic (exact) mass is 234 g/mol. The van der Waals surface area contributed by atoms with Crippen LogP contribution in [0.5, 0.6) is 11.5 Å². The Morgan fingerprint density at radius 1 is 1.18 bits per heavy atom. The lowest BCUT2D eigenvalue weighted by molar-refractivity contribution is 0.396. The fourth-order valence-corrected chi connectivity index (χ4v) is 1.66. The van der Waals surface area contributed by atoms with Gasteiger partial charge in [0.15, 0.2) is 5.82 Å². The van der Waals surface area contributed by atoms with Crippen LogP contribution in [0, 0.1) is 6.92 Å². The van der Waals surface area contributed by atoms with E-state index in [9.17, 15) is 0 Å². The normalized spacial score (nSPS) is 10.3. The fraction of sp³-hybridized carbons (Fsp3) is 0.273. The van der Waals surface area contributed by atoms with Gasteiger partial charge in [-0.25, -0.2) is 0 Å². The van der Waals surface area contributed by atoms with Crippen molar-refractivity contribution in [2.24, 2.45) is 0 Å². The Hall–Kier alpha value is -2.24. The summed E-state index contributed by atoms with van der Waals surface area (Å²) in [5.41, 5.74) is 7.24. The van der Waals surface area contributed by atoms with Crippen LogP contribution in [0.2, 0.25) is 0 Å². The van der Waals surface area contributed by atoms with Crippen molar-refractivity contribution in [1.82, 2.24) is 15.2 Å². The third kappa shape index (κ3) is 2.01. The number of aromatic amines is 1. The summed E-state index contributed by atoms with van der Waals surface area (Å²) in [6.07, 6.45) is 0. The first-order chi connectivity index (χ1) is 8.15. The van der Waals surface area contributed by atoms with Crippen LogP contribution >= 0.6 is 0 Å². The lowest BCUT2D eigenvalue weighted by atomic mass is 10.1. The molecule has 0 atom stereocenters. The quantitative estimate of drug-likeness (QED) is 0.837. The number of aromatic nitrogens is 3. The highest BCUT2D eigenvalue weighted by Gasteiger charge is 2.16. The average Bonchev–Trinajstić information content (AvgIpc) is 2.74. The number of ether oxygens (including phenoxy) is 2. The molecule has 2 rings (SSSR count). The minimum atomic E-state index is 0.185. The van der Waals surface area contributed by atoms with Gasteiger partial charge in [-0.3, -0.25) is 5.10 Å². The fourth-order valence-electron chi connectivity index (χ4n) is 1.66. The lowest BCUT2D eigenvalue weighted by Crippen LogP contribution is -1.95. The Balaban J connectivity index is 2.65. The molecule has 0 bridgehead atoms. The van der Waals surface area contributed by atoms with Gasteiger partial charge in [0.05, 0.1) is 14.2 Å². The molecule has 2 aromatic rings. The van der Waals surface area contributed by atoms with Crippen molar-refractivity contribution in [3.63, 3.8) is 0 Å². The largest absolute Gasteiger partial charge is 0.496 e. The van der Waals surface area contributed by atoms with Crippen molar-refractivity contribution in [3.05, 3.63) is 17.7 Å². The molecule has 0 radical (unpaired) electrons. The van der Waals surface area contributed by atoms with Crippen LogP contribution in [0.3, 0.4) is 0 Å². The third-order valence-electron chi connectivity index (χ3n) is 2.39. The predicted octanol–water partition coefficient (Wildman–Crippen LogP) is 1.38. The molecule has 0 saturated heterocycles. The van der Waals surface area contributed by atoms with Crippen LogP contribution in [0.15, 0.2) is 12.1 Å². The van der Waals surface area contributed by atoms with Crippen molar-refractivity contribution in [2.45, 2.75) is 6.92 Å². The van der Waals surface area contributed by atoms with E-state index in [0.717, 1.165) is 5.56 Å². The molecule has 3 N–H and O–H groups in total. The van der Waals surface area contributed by atoms with Gasteiger partial charge in [-0.2, -0.15) is 4.98 Å². The molecule has 1 heterocycles. The first-order valence-corrected chi connectivity index (χ1v) is 5.06. The molecular weight excluding hydrogens is 220 g/mol. The van der Waals surface area contributed by atoms with Crippen molar-refractivity contribution < 1.29 is 9.47 Å². The highest BCUT2D eigenvalue weighted by molar-refractivity contribution is 5.73. The van der Waals surface area contributed by atoms with Gasteiger partial charge in [-0.15, -0.1) is 5.10 Å². The Labute approximate surface area is 98.8 Å². The first kappa shape index (κ1) is 11.3. The van der Waals surface area contributed by atoms with E-state index in [-0.39, 0.29) is 5.95 Å². The number of hydrogen-bond donors (Lipinski definition) is 2. The maximum absolute atomic E-state index is 5.49. The van der Waals surface area contributed by atoms with Crippen LogP contribution in [0.25, 0.3) is 11.4 Å². The van der Waals surface area contributed by atoms with Gasteiger partial charge in [0.2, 0.25) is 5.95 Å². The minimum Gasteiger partial charge on any atom is -0.496 e. The number of H-pyrrole nitrogens is 1. The molecule has 0 amide bonds. The predicted molar refractivity (Wildman–Crippen MR) is 64.1 cm³/mol. The summed E-state index contributed by atoms with van der Waals surface area (Å²) in [5.74, 6) is 2.04. The van der Waals surface area contributed by atoms with Gasteiger partial charge in [-0.1, -0.05) is 0 Å². The van der Waals surface area contributed by atoms with E-state index in [0.29, 0.717) is 22.9 Å². The van der Waals surface area contributed by atoms with Gasteiger partial charge >= 0.3 is 0 Å². The number of benzene rings is 1. The molecule has 0 aliphatic carbocycles. The second kappa shape index (κ2) is 4.32. The number of aryl methyl sites for hydroxylation is 1. The van der Waals surface area contributed by atoms with Gasteiger partial charge in [0, 0.05) is 0 Å². The van der Waals surface area contributed by atoms with Gasteiger partial charge in [0.1, 0.15) is 17.1 Å². The zero-order valence-electron chi connectivity index (χ0n) is 9.94. The molecule has 0 spiro atoms. The third-order valence-corrected chi connectivity index (χ3v) is 2.39. The number of nitrogens with two attached hydrogens (primary N) is 1. The van der Waals surface area contributed by atoms with Crippen LogP contribution in [-0.4, -0.2) is 29.4 Å². The van der Waals surface area contributed by atoms with Crippen molar-refractivity contribution in [3.8, 4) is 22.9 Å². The van der Waals surface area contributed by atoms with Crippen molar-refractivity contribution >= 4 is 5.95 Å². The van der Waals surface area contributed by atoms with Gasteiger partial charge in [0.25, 0.3) is 0 Å². The number of nitrogens with one attached hydrogen (secondary N) is 1. The Bertz CT molecular complexity index is 511. The van der Waals surface area contributed by atoms with Crippen LogP contribution < -0.4 is 15.2 Å². The van der Waals surface area contributed by atoms with E-state index in [4.69, 9.17) is 15.2 Å². The Kier molecular flexibility index (Phi) is 2.86. The number of methoxy groups -OCH3 is 2. The van der Waals surface area contributed by atoms with E-state index in [1.54, 1.807) is 14.2 Å². The van der Waals surface area contributed by atoms with E-state index in [2.05, 4.69) is 15.2 Å². The summed E-state index contributed by atoms with van der Waals surface area (Å²) in [5, 5.41) is 6.54. The lowest BCUT2D eigenvalue weighted by Gasteiger charge is -2.12. The molecule has 6 heteroatoms. The number of hydrogen-bond acceptors (Lipinski definition) is 5. The minimum absolute atomic E-state index is 0.185. The summed E-state index contributed by atoms with van der Waals surface area (Å²) < 4.78 is 10.6. The second-order valence-corrected chi connectivity index (χ2v) is 3.59. The van der Waals surface area contributed by atoms with E-state index in [1.165, 1.54) is 0 Å². The first-order valence-electron chi connectivity index (χ1n) is 5.06. The molecule has 0 fully saturated rings. The average molecular weight is 234 g/mol. The molecule has 17 heavy (non-hydrogen) atoms. The molecule has 0 aliphatic heterocycles. The molecule has 0 aliphatic rings. The summed E-state index contributed by atoms with van der Waals surface area (Å²) in [7, 11) is 3.19. The van der Waals surface area contributed by atoms with Crippen molar-refractivity contribution in [1.29, 1.82) is 0 Å². The molecule has 6 nitrogen and oxygen atoms in total. The number of nitrogens with zero attached hydrogens (tertiary/aromatic N) is 2. The molecule has 0 saturated carbocycles. The molecule has 1 aromatic carbocycles. The maximum atomic E-state index is 5.49. The second-order valence-electron chi connectivity index (χ2n) is 3.59. The topological polar surface area (TPSA) is 86.1 Å². The highest BCUT2D eigenvalue weighted by Crippen LogP contribution is 2.37. The SMILES string of the molecule is COc1cc(C)cc(OC)c1-c1nc(N)n[nH]1. The number of rotatable bonds is 3. The van der Waals surface area contributed by atoms with E-state index >= 15 is 0 Å². The van der Waals surface area contributed by atoms with E-state index < -0.39 is 0 Å². The zero-order chi connectivity index (χ0) is 12.4. The standard InChI is InChI=1S/C11H14N4O2/c1-6-4-7(16-2)9(8(5-6)17-3)10-13-11(12)15-14-10/h4-5H,1-3H3,(H3,12,13,14,15). The van der Waals surface area contributed by atoms with Gasteiger partial charge < -0.3 is 15.2 Å². The summed E-state index contributed by atoms with van der Waals surface area (Å²) >= 11 is 0. The highest BCUT2D eigenvalue weighted by atomic mass is 16.5. The Morgan fingerprint density at radius 2 is 1.76 bits per heavy atom. The smallest absolute Gasteiger partial charge is 0.239 e. The van der Waals surface area contributed by atoms with Crippen LogP contribution in [0.1, 0.15) is 5.56 Å². The number of nitrogen functional groups attached to an aromatic ring is 1. The van der Waals surface area contributed by atoms with Gasteiger partial charge in [-0.05, 0) is 24.6 Å². The van der Waals surface area contributed by atoms with Crippen molar-refractivity contribution in [2.75, 3.05) is 20.0 Å². The van der Waals surface area contributed by atoms with Crippen LogP contribution in [-0.2, 0) is 0 Å². The summed E-state index contributed by atoms with van der Waals surface area (Å²) in [6, 6.07) is 3.80. The van der Waals surface area contributed by atoms with E-state index in [1.807, 2.05) is 19.1 Å². The molecular formula is C11H14N4O2. The summed E-state index contributed by atoms with van der Waals surface area (Å²) in [4.78, 5) is 4.08. The molecule has 90 valence electrons. The zero-order valence-corrected chi connectivity index (χ0v) is 9.94. The summed E-state index contributed by atoms with van der Waals surface area (Å²) in [6.45, 7) is 1.96. The molecule has 0 unspecified atom stereocenters. The molecule has 1 aromatic heterocycles. The maximum Gasteiger partial charge on any atom is 0.239 e. The van der Waals surface area contributed by atoms with Crippen LogP contribution in [0.4, 0.5) is 5.95 Å². The number of anilines is 1.